The standard InChI is InChI=1S/C14H17N3O3/c1-8-3-4-10(12(5-8)19-2)13-16-14(20-17-13)11-6-9(18)7-15-11/h3-5,9,11,15,18H,6-7H2,1-2H3/t9-,11-/m1/s1. The smallest absolute Gasteiger partial charge is 0.244 e. The third-order valence-corrected chi connectivity index (χ3v) is 3.45. The molecular formula is C14H17N3O3. The van der Waals surface area contributed by atoms with Crippen LogP contribution in [-0.2, 0) is 0 Å². The first-order valence-corrected chi connectivity index (χ1v) is 6.57. The van der Waals surface area contributed by atoms with Crippen LogP contribution in [0.5, 0.6) is 5.75 Å². The number of hydrogen-bond donors (Lipinski definition) is 2. The molecule has 106 valence electrons. The normalized spacial score (nSPS) is 22.1. The van der Waals surface area contributed by atoms with E-state index < -0.39 is 0 Å². The first-order valence-electron chi connectivity index (χ1n) is 6.57. The lowest BCUT2D eigenvalue weighted by molar-refractivity contribution is 0.191. The van der Waals surface area contributed by atoms with Crippen LogP contribution >= 0.6 is 0 Å². The lowest BCUT2D eigenvalue weighted by Gasteiger charge is -2.05. The highest BCUT2D eigenvalue weighted by molar-refractivity contribution is 5.64. The number of aliphatic hydroxyl groups is 1. The minimum Gasteiger partial charge on any atom is -0.496 e. The van der Waals surface area contributed by atoms with Crippen molar-refractivity contribution in [1.82, 2.24) is 15.5 Å². The first-order chi connectivity index (χ1) is 9.67. The summed E-state index contributed by atoms with van der Waals surface area (Å²) in [7, 11) is 1.62. The van der Waals surface area contributed by atoms with Crippen LogP contribution in [-0.4, -0.2) is 35.0 Å². The van der Waals surface area contributed by atoms with Gasteiger partial charge in [-0.2, -0.15) is 4.98 Å². The molecule has 2 N–H and O–H groups in total. The summed E-state index contributed by atoms with van der Waals surface area (Å²) in [5.74, 6) is 1.72. The van der Waals surface area contributed by atoms with Gasteiger partial charge < -0.3 is 19.7 Å². The van der Waals surface area contributed by atoms with Gasteiger partial charge in [-0.05, 0) is 31.0 Å². The minimum absolute atomic E-state index is 0.0808. The third kappa shape index (κ3) is 2.39. The summed E-state index contributed by atoms with van der Waals surface area (Å²) in [4.78, 5) is 4.40. The second kappa shape index (κ2) is 5.22. The van der Waals surface area contributed by atoms with Crippen LogP contribution < -0.4 is 10.1 Å². The number of aromatic nitrogens is 2. The summed E-state index contributed by atoms with van der Waals surface area (Å²) in [6, 6.07) is 5.75. The molecule has 20 heavy (non-hydrogen) atoms. The fourth-order valence-corrected chi connectivity index (χ4v) is 2.37. The average molecular weight is 275 g/mol. The Hall–Kier alpha value is -1.92. The van der Waals surface area contributed by atoms with Crippen LogP contribution in [0, 0.1) is 6.92 Å². The molecule has 3 rings (SSSR count). The summed E-state index contributed by atoms with van der Waals surface area (Å²) in [6.07, 6.45) is 0.233. The van der Waals surface area contributed by atoms with E-state index >= 15 is 0 Å². The Kier molecular flexibility index (Phi) is 3.42. The third-order valence-electron chi connectivity index (χ3n) is 3.45. The van der Waals surface area contributed by atoms with Crippen molar-refractivity contribution in [1.29, 1.82) is 0 Å². The quantitative estimate of drug-likeness (QED) is 0.882. The number of aliphatic hydroxyl groups excluding tert-OH is 1. The molecule has 1 aromatic carbocycles. The van der Waals surface area contributed by atoms with Crippen molar-refractivity contribution in [3.63, 3.8) is 0 Å². The molecule has 6 nitrogen and oxygen atoms in total. The number of ether oxygens (including phenoxy) is 1. The van der Waals surface area contributed by atoms with Gasteiger partial charge in [0.2, 0.25) is 11.7 Å². The van der Waals surface area contributed by atoms with Crippen LogP contribution in [0.15, 0.2) is 22.7 Å². The predicted molar refractivity (Wildman–Crippen MR) is 72.4 cm³/mol. The van der Waals surface area contributed by atoms with Gasteiger partial charge in [-0.1, -0.05) is 11.2 Å². The lowest BCUT2D eigenvalue weighted by Crippen LogP contribution is -2.15. The predicted octanol–water partition coefficient (Wildman–Crippen LogP) is 1.45. The topological polar surface area (TPSA) is 80.4 Å². The van der Waals surface area contributed by atoms with Gasteiger partial charge in [0.25, 0.3) is 0 Å². The van der Waals surface area contributed by atoms with Crippen LogP contribution in [0.2, 0.25) is 0 Å². The van der Waals surface area contributed by atoms with E-state index in [2.05, 4.69) is 15.5 Å². The fourth-order valence-electron chi connectivity index (χ4n) is 2.37. The Balaban J connectivity index is 1.90. The molecular weight excluding hydrogens is 258 g/mol. The molecule has 0 bridgehead atoms. The number of methoxy groups -OCH3 is 1. The SMILES string of the molecule is COc1cc(C)ccc1-c1noc([C@H]2C[C@@H](O)CN2)n1. The highest BCUT2D eigenvalue weighted by Crippen LogP contribution is 2.30. The first kappa shape index (κ1) is 13.1. The number of rotatable bonds is 3. The molecule has 6 heteroatoms. The van der Waals surface area contributed by atoms with E-state index in [4.69, 9.17) is 9.26 Å². The monoisotopic (exact) mass is 275 g/mol. The van der Waals surface area contributed by atoms with Gasteiger partial charge in [-0.15, -0.1) is 0 Å². The van der Waals surface area contributed by atoms with E-state index in [-0.39, 0.29) is 12.1 Å². The van der Waals surface area contributed by atoms with Crippen molar-refractivity contribution in [2.24, 2.45) is 0 Å². The molecule has 1 aromatic heterocycles. The van der Waals surface area contributed by atoms with E-state index in [0.717, 1.165) is 16.9 Å². The van der Waals surface area contributed by atoms with Gasteiger partial charge in [-0.25, -0.2) is 0 Å². The van der Waals surface area contributed by atoms with Crippen LogP contribution in [0.1, 0.15) is 23.9 Å². The maximum atomic E-state index is 9.53. The second-order valence-electron chi connectivity index (χ2n) is 5.01. The van der Waals surface area contributed by atoms with Crippen molar-refractivity contribution < 1.29 is 14.4 Å². The lowest BCUT2D eigenvalue weighted by atomic mass is 10.1. The molecule has 0 spiro atoms. The molecule has 1 saturated heterocycles. The molecule has 0 amide bonds. The minimum atomic E-state index is -0.357. The number of hydrogen-bond acceptors (Lipinski definition) is 6. The molecule has 2 aromatic rings. The molecule has 2 atom stereocenters. The van der Waals surface area contributed by atoms with Crippen LogP contribution in [0.3, 0.4) is 0 Å². The van der Waals surface area contributed by atoms with E-state index in [1.807, 2.05) is 25.1 Å². The van der Waals surface area contributed by atoms with Crippen molar-refractivity contribution in [2.75, 3.05) is 13.7 Å². The molecule has 0 unspecified atom stereocenters. The zero-order chi connectivity index (χ0) is 14.1. The van der Waals surface area contributed by atoms with Gasteiger partial charge >= 0.3 is 0 Å². The zero-order valence-corrected chi connectivity index (χ0v) is 11.5. The van der Waals surface area contributed by atoms with E-state index in [9.17, 15) is 5.11 Å². The van der Waals surface area contributed by atoms with E-state index in [1.165, 1.54) is 0 Å². The summed E-state index contributed by atoms with van der Waals surface area (Å²) in [6.45, 7) is 2.55. The van der Waals surface area contributed by atoms with Gasteiger partial charge in [-0.3, -0.25) is 0 Å². The number of aryl methyl sites for hydroxylation is 1. The zero-order valence-electron chi connectivity index (χ0n) is 11.5. The van der Waals surface area contributed by atoms with E-state index in [1.54, 1.807) is 7.11 Å². The van der Waals surface area contributed by atoms with Gasteiger partial charge in [0.05, 0.1) is 24.8 Å². The van der Waals surface area contributed by atoms with Crippen molar-refractivity contribution in [2.45, 2.75) is 25.5 Å². The average Bonchev–Trinajstić information content (AvgIpc) is 3.07. The summed E-state index contributed by atoms with van der Waals surface area (Å²) in [5.41, 5.74) is 1.90. The highest BCUT2D eigenvalue weighted by Gasteiger charge is 2.28. The Morgan fingerprint density at radius 3 is 3.00 bits per heavy atom. The largest absolute Gasteiger partial charge is 0.496 e. The Bertz CT molecular complexity index is 611. The summed E-state index contributed by atoms with van der Waals surface area (Å²) in [5, 5.41) is 16.7. The van der Waals surface area contributed by atoms with Crippen LogP contribution in [0.25, 0.3) is 11.4 Å². The van der Waals surface area contributed by atoms with E-state index in [0.29, 0.717) is 24.7 Å². The second-order valence-corrected chi connectivity index (χ2v) is 5.01. The Labute approximate surface area is 116 Å². The molecule has 1 aliphatic rings. The Morgan fingerprint density at radius 2 is 2.30 bits per heavy atom. The van der Waals surface area contributed by atoms with Gasteiger partial charge in [0.1, 0.15) is 5.75 Å². The number of β-amino-alcohol motifs (C(OH)–C–C–N with tert-alkyl or cyclic N) is 1. The van der Waals surface area contributed by atoms with Crippen LogP contribution in [0.4, 0.5) is 0 Å². The molecule has 0 radical (unpaired) electrons. The molecule has 0 aliphatic carbocycles. The number of nitrogens with zero attached hydrogens (tertiary/aromatic N) is 2. The Morgan fingerprint density at radius 1 is 1.45 bits per heavy atom. The molecule has 0 saturated carbocycles. The van der Waals surface area contributed by atoms with Gasteiger partial charge in [0.15, 0.2) is 0 Å². The molecule has 2 heterocycles. The molecule has 1 aliphatic heterocycles. The number of nitrogens with one attached hydrogen (secondary N) is 1. The maximum Gasteiger partial charge on any atom is 0.244 e. The summed E-state index contributed by atoms with van der Waals surface area (Å²) < 4.78 is 10.6. The number of benzene rings is 1. The fraction of sp³-hybridized carbons (Fsp3) is 0.429. The molecule has 1 fully saturated rings. The van der Waals surface area contributed by atoms with Crippen molar-refractivity contribution in [3.05, 3.63) is 29.7 Å². The van der Waals surface area contributed by atoms with Crippen molar-refractivity contribution >= 4 is 0 Å². The van der Waals surface area contributed by atoms with Gasteiger partial charge in [0, 0.05) is 6.54 Å². The summed E-state index contributed by atoms with van der Waals surface area (Å²) >= 11 is 0. The maximum absolute atomic E-state index is 9.53. The highest BCUT2D eigenvalue weighted by atomic mass is 16.5. The van der Waals surface area contributed by atoms with Crippen molar-refractivity contribution in [3.8, 4) is 17.1 Å².